The van der Waals surface area contributed by atoms with E-state index in [-0.39, 0.29) is 12.4 Å². The first-order valence-corrected chi connectivity index (χ1v) is 6.34. The fraction of sp³-hybridized carbons (Fsp3) is 0.417. The van der Waals surface area contributed by atoms with Crippen molar-refractivity contribution in [2.24, 2.45) is 10.7 Å². The molecule has 1 aliphatic carbocycles. The van der Waals surface area contributed by atoms with Crippen molar-refractivity contribution in [2.75, 3.05) is 7.05 Å². The summed E-state index contributed by atoms with van der Waals surface area (Å²) in [6.45, 7) is 0.272. The van der Waals surface area contributed by atoms with Gasteiger partial charge in [-0.05, 0) is 31.0 Å². The van der Waals surface area contributed by atoms with E-state index in [4.69, 9.17) is 5.73 Å². The molecule has 1 aliphatic rings. The van der Waals surface area contributed by atoms with Gasteiger partial charge in [-0.1, -0.05) is 15.9 Å². The monoisotopic (exact) mass is 299 g/mol. The minimum absolute atomic E-state index is 0.251. The standard InChI is InChI=1S/C12H15BrFN3/c1-17(10-3-4-10)12(15)16-7-8-6-9(13)2-5-11(8)14/h2,5-6,10H,3-4,7H2,1H3,(H2,15,16). The molecule has 0 radical (unpaired) electrons. The molecule has 0 bridgehead atoms. The van der Waals surface area contributed by atoms with Crippen LogP contribution in [0.2, 0.25) is 0 Å². The van der Waals surface area contributed by atoms with Crippen LogP contribution in [0.3, 0.4) is 0 Å². The number of halogens is 2. The van der Waals surface area contributed by atoms with Crippen molar-refractivity contribution in [3.05, 3.63) is 34.1 Å². The Morgan fingerprint density at radius 1 is 1.59 bits per heavy atom. The summed E-state index contributed by atoms with van der Waals surface area (Å²) in [7, 11) is 1.92. The van der Waals surface area contributed by atoms with Crippen molar-refractivity contribution in [3.8, 4) is 0 Å². The van der Waals surface area contributed by atoms with Gasteiger partial charge < -0.3 is 10.6 Å². The summed E-state index contributed by atoms with van der Waals surface area (Å²) >= 11 is 3.31. The molecule has 3 nitrogen and oxygen atoms in total. The average Bonchev–Trinajstić information content (AvgIpc) is 3.13. The maximum absolute atomic E-state index is 13.4. The van der Waals surface area contributed by atoms with Gasteiger partial charge in [0.25, 0.3) is 0 Å². The fourth-order valence-corrected chi connectivity index (χ4v) is 2.00. The molecule has 1 aromatic carbocycles. The lowest BCUT2D eigenvalue weighted by molar-refractivity contribution is 0.487. The largest absolute Gasteiger partial charge is 0.370 e. The van der Waals surface area contributed by atoms with Gasteiger partial charge in [0.2, 0.25) is 0 Å². The van der Waals surface area contributed by atoms with Crippen molar-refractivity contribution in [2.45, 2.75) is 25.4 Å². The molecule has 0 unspecified atom stereocenters. The lowest BCUT2D eigenvalue weighted by atomic mass is 10.2. The molecule has 5 heteroatoms. The second-order valence-electron chi connectivity index (χ2n) is 4.25. The van der Waals surface area contributed by atoms with Gasteiger partial charge in [0.1, 0.15) is 5.82 Å². The van der Waals surface area contributed by atoms with Crippen LogP contribution in [0, 0.1) is 5.82 Å². The van der Waals surface area contributed by atoms with Gasteiger partial charge in [-0.2, -0.15) is 0 Å². The molecule has 1 saturated carbocycles. The highest BCUT2D eigenvalue weighted by Crippen LogP contribution is 2.25. The van der Waals surface area contributed by atoms with E-state index in [1.165, 1.54) is 6.07 Å². The van der Waals surface area contributed by atoms with Crippen LogP contribution in [-0.4, -0.2) is 23.9 Å². The van der Waals surface area contributed by atoms with Crippen molar-refractivity contribution < 1.29 is 4.39 Å². The van der Waals surface area contributed by atoms with Crippen LogP contribution in [0.25, 0.3) is 0 Å². The Hall–Kier alpha value is -1.10. The van der Waals surface area contributed by atoms with Crippen molar-refractivity contribution >= 4 is 21.9 Å². The zero-order valence-electron chi connectivity index (χ0n) is 9.66. The van der Waals surface area contributed by atoms with Gasteiger partial charge in [0, 0.05) is 23.1 Å². The van der Waals surface area contributed by atoms with E-state index >= 15 is 0 Å². The number of hydrogen-bond donors (Lipinski definition) is 1. The Balaban J connectivity index is 2.05. The predicted molar refractivity (Wildman–Crippen MR) is 70.2 cm³/mol. The maximum Gasteiger partial charge on any atom is 0.191 e. The second kappa shape index (κ2) is 5.04. The number of aliphatic imine (C=N–C) groups is 1. The zero-order valence-corrected chi connectivity index (χ0v) is 11.2. The molecule has 0 saturated heterocycles. The highest BCUT2D eigenvalue weighted by atomic mass is 79.9. The number of nitrogens with zero attached hydrogens (tertiary/aromatic N) is 2. The third-order valence-corrected chi connectivity index (χ3v) is 3.37. The molecule has 17 heavy (non-hydrogen) atoms. The van der Waals surface area contributed by atoms with Gasteiger partial charge in [0.05, 0.1) is 6.54 Å². The summed E-state index contributed by atoms with van der Waals surface area (Å²) in [5.41, 5.74) is 6.38. The lowest BCUT2D eigenvalue weighted by Crippen LogP contribution is -2.35. The summed E-state index contributed by atoms with van der Waals surface area (Å²) in [6.07, 6.45) is 2.33. The van der Waals surface area contributed by atoms with Crippen molar-refractivity contribution in [1.82, 2.24) is 4.90 Å². The first-order valence-electron chi connectivity index (χ1n) is 5.54. The second-order valence-corrected chi connectivity index (χ2v) is 5.17. The maximum atomic E-state index is 13.4. The highest BCUT2D eigenvalue weighted by molar-refractivity contribution is 9.10. The van der Waals surface area contributed by atoms with Crippen LogP contribution in [-0.2, 0) is 6.54 Å². The smallest absolute Gasteiger partial charge is 0.191 e. The van der Waals surface area contributed by atoms with Crippen LogP contribution in [0.4, 0.5) is 4.39 Å². The molecular formula is C12H15BrFN3. The van der Waals surface area contributed by atoms with E-state index in [1.54, 1.807) is 12.1 Å². The molecule has 0 spiro atoms. The van der Waals surface area contributed by atoms with E-state index in [2.05, 4.69) is 20.9 Å². The van der Waals surface area contributed by atoms with Gasteiger partial charge in [0.15, 0.2) is 5.96 Å². The fourth-order valence-electron chi connectivity index (χ4n) is 1.59. The molecule has 92 valence electrons. The Morgan fingerprint density at radius 3 is 2.94 bits per heavy atom. The zero-order chi connectivity index (χ0) is 12.4. The van der Waals surface area contributed by atoms with E-state index in [0.717, 1.165) is 17.3 Å². The quantitative estimate of drug-likeness (QED) is 0.688. The molecule has 2 rings (SSSR count). The molecule has 2 N–H and O–H groups in total. The minimum atomic E-state index is -0.251. The molecule has 1 aromatic rings. The average molecular weight is 300 g/mol. The van der Waals surface area contributed by atoms with E-state index in [0.29, 0.717) is 17.6 Å². The molecule has 0 heterocycles. The topological polar surface area (TPSA) is 41.6 Å². The SMILES string of the molecule is CN(C(N)=NCc1cc(Br)ccc1F)C1CC1. The summed E-state index contributed by atoms with van der Waals surface area (Å²) in [6, 6.07) is 5.34. The van der Waals surface area contributed by atoms with E-state index in [1.807, 2.05) is 11.9 Å². The Bertz CT molecular complexity index is 443. The van der Waals surface area contributed by atoms with Crippen molar-refractivity contribution in [3.63, 3.8) is 0 Å². The number of guanidine groups is 1. The predicted octanol–water partition coefficient (Wildman–Crippen LogP) is 2.50. The Morgan fingerprint density at radius 2 is 2.29 bits per heavy atom. The first kappa shape index (κ1) is 12.4. The summed E-state index contributed by atoms with van der Waals surface area (Å²) in [5.74, 6) is 0.228. The van der Waals surface area contributed by atoms with Crippen LogP contribution >= 0.6 is 15.9 Å². The van der Waals surface area contributed by atoms with E-state index in [9.17, 15) is 4.39 Å². The molecular weight excluding hydrogens is 285 g/mol. The highest BCUT2D eigenvalue weighted by Gasteiger charge is 2.27. The number of nitrogens with two attached hydrogens (primary N) is 1. The Kier molecular flexibility index (Phi) is 3.66. The molecule has 0 atom stereocenters. The third kappa shape index (κ3) is 3.19. The summed E-state index contributed by atoms with van der Waals surface area (Å²) in [5, 5.41) is 0. The number of benzene rings is 1. The lowest BCUT2D eigenvalue weighted by Gasteiger charge is -2.16. The van der Waals surface area contributed by atoms with Gasteiger partial charge >= 0.3 is 0 Å². The van der Waals surface area contributed by atoms with Gasteiger partial charge in [-0.3, -0.25) is 0 Å². The third-order valence-electron chi connectivity index (χ3n) is 2.88. The minimum Gasteiger partial charge on any atom is -0.370 e. The summed E-state index contributed by atoms with van der Waals surface area (Å²) < 4.78 is 14.3. The number of hydrogen-bond acceptors (Lipinski definition) is 1. The van der Waals surface area contributed by atoms with Gasteiger partial charge in [-0.15, -0.1) is 0 Å². The molecule has 0 amide bonds. The Labute approximate surface area is 109 Å². The van der Waals surface area contributed by atoms with Crippen LogP contribution in [0.15, 0.2) is 27.7 Å². The molecule has 0 aliphatic heterocycles. The van der Waals surface area contributed by atoms with Gasteiger partial charge in [-0.25, -0.2) is 9.38 Å². The summed E-state index contributed by atoms with van der Waals surface area (Å²) in [4.78, 5) is 6.17. The van der Waals surface area contributed by atoms with Crippen molar-refractivity contribution in [1.29, 1.82) is 0 Å². The normalized spacial score (nSPS) is 16.1. The van der Waals surface area contributed by atoms with E-state index < -0.39 is 0 Å². The van der Waals surface area contributed by atoms with Crippen LogP contribution in [0.1, 0.15) is 18.4 Å². The molecule has 1 fully saturated rings. The number of rotatable bonds is 3. The molecule has 0 aromatic heterocycles. The van der Waals surface area contributed by atoms with Crippen LogP contribution in [0.5, 0.6) is 0 Å². The first-order chi connectivity index (χ1) is 8.08. The van der Waals surface area contributed by atoms with Crippen LogP contribution < -0.4 is 5.73 Å².